The first-order valence-electron chi connectivity index (χ1n) is 9.92. The van der Waals surface area contributed by atoms with Gasteiger partial charge in [0, 0.05) is 19.0 Å². The van der Waals surface area contributed by atoms with E-state index in [1.165, 1.54) is 16.4 Å². The zero-order valence-corrected chi connectivity index (χ0v) is 18.1. The van der Waals surface area contributed by atoms with E-state index in [1.54, 1.807) is 29.2 Å². The molecule has 3 rings (SSSR count). The van der Waals surface area contributed by atoms with Gasteiger partial charge in [-0.15, -0.1) is 0 Å². The number of likely N-dealkylation sites (tertiary alicyclic amines) is 1. The van der Waals surface area contributed by atoms with Crippen molar-refractivity contribution < 1.29 is 18.0 Å². The number of primary amides is 1. The summed E-state index contributed by atoms with van der Waals surface area (Å²) < 4.78 is 28.0. The van der Waals surface area contributed by atoms with Crippen LogP contribution in [0.5, 0.6) is 0 Å². The molecule has 0 radical (unpaired) electrons. The van der Waals surface area contributed by atoms with Gasteiger partial charge in [-0.25, -0.2) is 8.42 Å². The predicted molar refractivity (Wildman–Crippen MR) is 115 cm³/mol. The first-order chi connectivity index (χ1) is 14.2. The molecule has 2 amide bonds. The second-order valence-electron chi connectivity index (χ2n) is 7.67. The van der Waals surface area contributed by atoms with Crippen LogP contribution in [-0.4, -0.2) is 44.8 Å². The Hall–Kier alpha value is -2.87. The Morgan fingerprint density at radius 3 is 2.27 bits per heavy atom. The Morgan fingerprint density at radius 2 is 1.70 bits per heavy atom. The van der Waals surface area contributed by atoms with Crippen LogP contribution in [0.3, 0.4) is 0 Å². The number of hydrogen-bond acceptors (Lipinski definition) is 4. The lowest BCUT2D eigenvalue weighted by Crippen LogP contribution is -2.47. The highest BCUT2D eigenvalue weighted by molar-refractivity contribution is 7.92. The van der Waals surface area contributed by atoms with Crippen molar-refractivity contribution in [3.05, 3.63) is 59.7 Å². The fourth-order valence-electron chi connectivity index (χ4n) is 3.74. The van der Waals surface area contributed by atoms with E-state index < -0.39 is 10.0 Å². The Bertz CT molecular complexity index is 1030. The SMILES string of the molecule is Cc1ccc(N(CC(=O)N2CCC(C(N)=O)CC2)S(=O)(=O)c2ccccc2)c(C)c1. The molecule has 1 heterocycles. The topological polar surface area (TPSA) is 101 Å². The lowest BCUT2D eigenvalue weighted by atomic mass is 9.96. The number of benzene rings is 2. The van der Waals surface area contributed by atoms with Crippen molar-refractivity contribution in [3.8, 4) is 0 Å². The molecular weight excluding hydrogens is 402 g/mol. The molecule has 0 aromatic heterocycles. The standard InChI is InChI=1S/C22H27N3O4S/c1-16-8-9-20(17(2)14-16)25(30(28,29)19-6-4-3-5-7-19)15-21(26)24-12-10-18(11-13-24)22(23)27/h3-9,14,18H,10-13,15H2,1-2H3,(H2,23,27). The summed E-state index contributed by atoms with van der Waals surface area (Å²) in [6.45, 7) is 4.24. The van der Waals surface area contributed by atoms with Crippen LogP contribution in [0.4, 0.5) is 5.69 Å². The van der Waals surface area contributed by atoms with Crippen LogP contribution in [0.25, 0.3) is 0 Å². The zero-order chi connectivity index (χ0) is 21.9. The molecule has 2 N–H and O–H groups in total. The van der Waals surface area contributed by atoms with E-state index in [2.05, 4.69) is 0 Å². The van der Waals surface area contributed by atoms with Gasteiger partial charge >= 0.3 is 0 Å². The molecule has 0 aliphatic carbocycles. The van der Waals surface area contributed by atoms with Crippen molar-refractivity contribution in [3.63, 3.8) is 0 Å². The number of piperidine rings is 1. The monoisotopic (exact) mass is 429 g/mol. The van der Waals surface area contributed by atoms with Gasteiger partial charge in [-0.3, -0.25) is 13.9 Å². The molecule has 160 valence electrons. The average Bonchev–Trinajstić information content (AvgIpc) is 2.73. The van der Waals surface area contributed by atoms with Crippen LogP contribution in [0.1, 0.15) is 24.0 Å². The summed E-state index contributed by atoms with van der Waals surface area (Å²) >= 11 is 0. The second-order valence-corrected chi connectivity index (χ2v) is 9.53. The van der Waals surface area contributed by atoms with E-state index in [0.29, 0.717) is 31.6 Å². The molecule has 8 heteroatoms. The van der Waals surface area contributed by atoms with E-state index in [0.717, 1.165) is 11.1 Å². The maximum atomic E-state index is 13.4. The molecule has 1 fully saturated rings. The van der Waals surface area contributed by atoms with Gasteiger partial charge in [0.1, 0.15) is 6.54 Å². The van der Waals surface area contributed by atoms with E-state index in [9.17, 15) is 18.0 Å². The van der Waals surface area contributed by atoms with Crippen molar-refractivity contribution in [2.45, 2.75) is 31.6 Å². The summed E-state index contributed by atoms with van der Waals surface area (Å²) in [7, 11) is -3.94. The number of anilines is 1. The van der Waals surface area contributed by atoms with E-state index in [-0.39, 0.29) is 29.2 Å². The first kappa shape index (κ1) is 21.8. The van der Waals surface area contributed by atoms with Gasteiger partial charge in [-0.05, 0) is 50.5 Å². The molecule has 1 aliphatic rings. The molecule has 2 aromatic rings. The molecule has 1 aliphatic heterocycles. The van der Waals surface area contributed by atoms with Gasteiger partial charge in [0.2, 0.25) is 11.8 Å². The van der Waals surface area contributed by atoms with Gasteiger partial charge < -0.3 is 10.6 Å². The van der Waals surface area contributed by atoms with Crippen LogP contribution in [-0.2, 0) is 19.6 Å². The fraction of sp³-hybridized carbons (Fsp3) is 0.364. The number of amides is 2. The maximum absolute atomic E-state index is 13.4. The fourth-order valence-corrected chi connectivity index (χ4v) is 5.24. The molecule has 0 unspecified atom stereocenters. The summed E-state index contributed by atoms with van der Waals surface area (Å²) in [5.41, 5.74) is 7.62. The van der Waals surface area contributed by atoms with E-state index in [4.69, 9.17) is 5.73 Å². The number of nitrogens with zero attached hydrogens (tertiary/aromatic N) is 2. The summed E-state index contributed by atoms with van der Waals surface area (Å²) in [6, 6.07) is 13.6. The normalized spacial score (nSPS) is 15.1. The lowest BCUT2D eigenvalue weighted by Gasteiger charge is -2.33. The quantitative estimate of drug-likeness (QED) is 0.761. The Kier molecular flexibility index (Phi) is 6.45. The third-order valence-electron chi connectivity index (χ3n) is 5.48. The van der Waals surface area contributed by atoms with Crippen LogP contribution in [0.2, 0.25) is 0 Å². The third-order valence-corrected chi connectivity index (χ3v) is 7.26. The Balaban J connectivity index is 1.91. The summed E-state index contributed by atoms with van der Waals surface area (Å²) in [4.78, 5) is 26.1. The molecule has 0 atom stereocenters. The minimum Gasteiger partial charge on any atom is -0.369 e. The second kappa shape index (κ2) is 8.87. The van der Waals surface area contributed by atoms with Crippen LogP contribution < -0.4 is 10.0 Å². The Morgan fingerprint density at radius 1 is 1.07 bits per heavy atom. The maximum Gasteiger partial charge on any atom is 0.264 e. The summed E-state index contributed by atoms with van der Waals surface area (Å²) in [6.07, 6.45) is 0.992. The third kappa shape index (κ3) is 4.64. The molecule has 2 aromatic carbocycles. The zero-order valence-electron chi connectivity index (χ0n) is 17.2. The van der Waals surface area contributed by atoms with Crippen LogP contribution >= 0.6 is 0 Å². The van der Waals surface area contributed by atoms with Gasteiger partial charge in [0.15, 0.2) is 0 Å². The van der Waals surface area contributed by atoms with Gasteiger partial charge in [0.25, 0.3) is 10.0 Å². The number of rotatable bonds is 6. The Labute approximate surface area is 177 Å². The minimum atomic E-state index is -3.94. The van der Waals surface area contributed by atoms with Gasteiger partial charge in [-0.1, -0.05) is 35.9 Å². The number of sulfonamides is 1. The summed E-state index contributed by atoms with van der Waals surface area (Å²) in [5.74, 6) is -0.888. The van der Waals surface area contributed by atoms with Gasteiger partial charge in [-0.2, -0.15) is 0 Å². The number of carbonyl (C=O) groups excluding carboxylic acids is 2. The average molecular weight is 430 g/mol. The molecule has 0 saturated carbocycles. The number of nitrogens with two attached hydrogens (primary N) is 1. The molecule has 7 nitrogen and oxygen atoms in total. The van der Waals surface area contributed by atoms with Crippen molar-refractivity contribution in [2.75, 3.05) is 23.9 Å². The van der Waals surface area contributed by atoms with Crippen molar-refractivity contribution in [1.82, 2.24) is 4.90 Å². The van der Waals surface area contributed by atoms with E-state index in [1.807, 2.05) is 26.0 Å². The number of carbonyl (C=O) groups is 2. The van der Waals surface area contributed by atoms with Crippen LogP contribution in [0, 0.1) is 19.8 Å². The van der Waals surface area contributed by atoms with Crippen molar-refractivity contribution in [1.29, 1.82) is 0 Å². The molecule has 0 spiro atoms. The van der Waals surface area contributed by atoms with E-state index >= 15 is 0 Å². The van der Waals surface area contributed by atoms with Crippen molar-refractivity contribution >= 4 is 27.5 Å². The number of aryl methyl sites for hydroxylation is 2. The summed E-state index contributed by atoms with van der Waals surface area (Å²) in [5, 5.41) is 0. The minimum absolute atomic E-state index is 0.130. The molecular formula is C22H27N3O4S. The largest absolute Gasteiger partial charge is 0.369 e. The van der Waals surface area contributed by atoms with Crippen LogP contribution in [0.15, 0.2) is 53.4 Å². The predicted octanol–water partition coefficient (Wildman–Crippen LogP) is 2.22. The lowest BCUT2D eigenvalue weighted by molar-refractivity contribution is -0.133. The smallest absolute Gasteiger partial charge is 0.264 e. The highest BCUT2D eigenvalue weighted by atomic mass is 32.2. The van der Waals surface area contributed by atoms with Gasteiger partial charge in [0.05, 0.1) is 10.6 Å². The highest BCUT2D eigenvalue weighted by Crippen LogP contribution is 2.28. The first-order valence-corrected chi connectivity index (χ1v) is 11.4. The molecule has 1 saturated heterocycles. The van der Waals surface area contributed by atoms with Crippen molar-refractivity contribution in [2.24, 2.45) is 11.7 Å². The highest BCUT2D eigenvalue weighted by Gasteiger charge is 2.32. The number of hydrogen-bond donors (Lipinski definition) is 1. The molecule has 30 heavy (non-hydrogen) atoms. The molecule has 0 bridgehead atoms.